The van der Waals surface area contributed by atoms with Crippen LogP contribution >= 0.6 is 34.8 Å². The Morgan fingerprint density at radius 3 is 2.27 bits per heavy atom. The Kier molecular flexibility index (Phi) is 8.23. The van der Waals surface area contributed by atoms with Gasteiger partial charge in [-0.1, -0.05) is 46.9 Å². The summed E-state index contributed by atoms with van der Waals surface area (Å²) in [6.45, 7) is 0.332. The molecule has 1 heterocycles. The number of carbonyl (C=O) groups excluding carboxylic acids is 3. The summed E-state index contributed by atoms with van der Waals surface area (Å²) < 4.78 is 16.8. The number of rotatable bonds is 8. The van der Waals surface area contributed by atoms with Gasteiger partial charge in [-0.05, 0) is 60.2 Å². The summed E-state index contributed by atoms with van der Waals surface area (Å²) in [6, 6.07) is 15.3. The number of benzene rings is 3. The molecule has 0 saturated carbocycles. The third-order valence-electron chi connectivity index (χ3n) is 5.17. The quantitative estimate of drug-likeness (QED) is 0.213. The van der Waals surface area contributed by atoms with Crippen molar-refractivity contribution in [3.63, 3.8) is 0 Å². The summed E-state index contributed by atoms with van der Waals surface area (Å²) in [5.74, 6) is -0.595. The van der Waals surface area contributed by atoms with E-state index in [1.54, 1.807) is 30.3 Å². The summed E-state index contributed by atoms with van der Waals surface area (Å²) >= 11 is 18.4. The lowest BCUT2D eigenvalue weighted by Gasteiger charge is -2.26. The van der Waals surface area contributed by atoms with Crippen LogP contribution in [0.5, 0.6) is 17.2 Å². The van der Waals surface area contributed by atoms with Crippen LogP contribution in [0, 0.1) is 0 Å². The zero-order valence-corrected chi connectivity index (χ0v) is 21.6. The molecule has 4 amide bonds. The molecule has 4 rings (SSSR count). The fourth-order valence-corrected chi connectivity index (χ4v) is 4.06. The molecule has 190 valence electrons. The zero-order valence-electron chi connectivity index (χ0n) is 19.3. The highest BCUT2D eigenvalue weighted by atomic mass is 35.5. The highest BCUT2D eigenvalue weighted by Crippen LogP contribution is 2.37. The second-order valence-electron chi connectivity index (χ2n) is 7.60. The van der Waals surface area contributed by atoms with Crippen molar-refractivity contribution in [3.8, 4) is 17.2 Å². The van der Waals surface area contributed by atoms with Crippen LogP contribution < -0.4 is 24.4 Å². The van der Waals surface area contributed by atoms with Crippen LogP contribution in [0.3, 0.4) is 0 Å². The number of nitrogens with one attached hydrogen (secondary N) is 1. The second-order valence-corrected chi connectivity index (χ2v) is 8.85. The number of para-hydroxylation sites is 1. The molecule has 0 unspecified atom stereocenters. The van der Waals surface area contributed by atoms with Gasteiger partial charge in [0.15, 0.2) is 11.5 Å². The van der Waals surface area contributed by atoms with E-state index < -0.39 is 17.8 Å². The van der Waals surface area contributed by atoms with Crippen molar-refractivity contribution in [2.75, 3.05) is 25.2 Å². The maximum Gasteiger partial charge on any atom is 0.335 e. The third-order valence-corrected chi connectivity index (χ3v) is 6.02. The number of hydrogen-bond acceptors (Lipinski definition) is 6. The van der Waals surface area contributed by atoms with E-state index in [1.165, 1.54) is 43.5 Å². The number of barbiturate groups is 1. The summed E-state index contributed by atoms with van der Waals surface area (Å²) in [7, 11) is 1.43. The van der Waals surface area contributed by atoms with Gasteiger partial charge in [-0.2, -0.15) is 0 Å². The zero-order chi connectivity index (χ0) is 26.5. The average Bonchev–Trinajstić information content (AvgIpc) is 2.87. The second kappa shape index (κ2) is 11.6. The monoisotopic (exact) mass is 560 g/mol. The maximum atomic E-state index is 13.1. The highest BCUT2D eigenvalue weighted by Gasteiger charge is 2.36. The molecule has 1 aliphatic rings. The van der Waals surface area contributed by atoms with Gasteiger partial charge in [0.05, 0.1) is 22.8 Å². The van der Waals surface area contributed by atoms with Crippen LogP contribution in [0.15, 0.2) is 66.2 Å². The number of anilines is 1. The predicted molar refractivity (Wildman–Crippen MR) is 141 cm³/mol. The summed E-state index contributed by atoms with van der Waals surface area (Å²) in [4.78, 5) is 38.8. The first kappa shape index (κ1) is 26.3. The van der Waals surface area contributed by atoms with Crippen LogP contribution in [-0.2, 0) is 9.59 Å². The number of carbonyl (C=O) groups is 3. The molecule has 0 spiro atoms. The summed E-state index contributed by atoms with van der Waals surface area (Å²) in [5.41, 5.74) is 0.364. The Balaban J connectivity index is 1.53. The standard InChI is InChI=1S/C26H19Cl3N2O6/c1-35-22-14-15(13-20(29)23(22)37-11-10-36-21-5-3-2-4-19(21)28)12-18-24(32)30-26(34)31(25(18)33)17-8-6-16(27)7-9-17/h2-9,12-14H,10-11H2,1H3,(H,30,32,34)/b18-12+. The van der Waals surface area contributed by atoms with Gasteiger partial charge in [-0.15, -0.1) is 0 Å². The Hall–Kier alpha value is -3.72. The Bertz CT molecular complexity index is 1390. The van der Waals surface area contributed by atoms with Crippen molar-refractivity contribution in [1.82, 2.24) is 5.32 Å². The van der Waals surface area contributed by atoms with Crippen molar-refractivity contribution >= 4 is 64.4 Å². The fourth-order valence-electron chi connectivity index (χ4n) is 3.47. The van der Waals surface area contributed by atoms with Crippen molar-refractivity contribution in [1.29, 1.82) is 0 Å². The number of ether oxygens (including phenoxy) is 3. The van der Waals surface area contributed by atoms with Gasteiger partial charge in [0.2, 0.25) is 0 Å². The van der Waals surface area contributed by atoms with Crippen LogP contribution in [0.4, 0.5) is 10.5 Å². The molecule has 0 aromatic heterocycles. The first-order valence-corrected chi connectivity index (χ1v) is 12.0. The molecule has 3 aromatic carbocycles. The van der Waals surface area contributed by atoms with Crippen LogP contribution in [0.2, 0.25) is 15.1 Å². The molecular formula is C26H19Cl3N2O6. The Morgan fingerprint density at radius 2 is 1.57 bits per heavy atom. The molecule has 37 heavy (non-hydrogen) atoms. The molecule has 3 aromatic rings. The molecule has 11 heteroatoms. The Morgan fingerprint density at radius 1 is 0.865 bits per heavy atom. The van der Waals surface area contributed by atoms with E-state index in [0.717, 1.165) is 4.90 Å². The third kappa shape index (κ3) is 5.99. The number of hydrogen-bond donors (Lipinski definition) is 1. The van der Waals surface area contributed by atoms with Crippen molar-refractivity contribution in [2.24, 2.45) is 0 Å². The van der Waals surface area contributed by atoms with Crippen molar-refractivity contribution < 1.29 is 28.6 Å². The molecular weight excluding hydrogens is 543 g/mol. The highest BCUT2D eigenvalue weighted by molar-refractivity contribution is 6.39. The van der Waals surface area contributed by atoms with E-state index in [0.29, 0.717) is 21.4 Å². The van der Waals surface area contributed by atoms with Gasteiger partial charge in [0, 0.05) is 5.02 Å². The average molecular weight is 562 g/mol. The van der Waals surface area contributed by atoms with Crippen molar-refractivity contribution in [3.05, 3.63) is 86.9 Å². The lowest BCUT2D eigenvalue weighted by atomic mass is 10.1. The molecule has 8 nitrogen and oxygen atoms in total. The number of urea groups is 1. The van der Waals surface area contributed by atoms with Gasteiger partial charge in [0.1, 0.15) is 24.5 Å². The first-order valence-electron chi connectivity index (χ1n) is 10.8. The summed E-state index contributed by atoms with van der Waals surface area (Å²) in [5, 5.41) is 3.25. The molecule has 1 fully saturated rings. The van der Waals surface area contributed by atoms with Crippen molar-refractivity contribution in [2.45, 2.75) is 0 Å². The van der Waals surface area contributed by atoms with Gasteiger partial charge in [-0.25, -0.2) is 9.69 Å². The molecule has 0 radical (unpaired) electrons. The van der Waals surface area contributed by atoms with Crippen LogP contribution in [0.25, 0.3) is 6.08 Å². The molecule has 1 aliphatic heterocycles. The molecule has 0 aliphatic carbocycles. The lowest BCUT2D eigenvalue weighted by molar-refractivity contribution is -0.122. The minimum absolute atomic E-state index is 0.140. The topological polar surface area (TPSA) is 94.2 Å². The van der Waals surface area contributed by atoms with E-state index in [9.17, 15) is 14.4 Å². The van der Waals surface area contributed by atoms with E-state index in [1.807, 2.05) is 0 Å². The van der Waals surface area contributed by atoms with E-state index in [-0.39, 0.29) is 41.0 Å². The number of methoxy groups -OCH3 is 1. The maximum absolute atomic E-state index is 13.1. The predicted octanol–water partition coefficient (Wildman–Crippen LogP) is 5.78. The van der Waals surface area contributed by atoms with E-state index in [4.69, 9.17) is 49.0 Å². The van der Waals surface area contributed by atoms with Gasteiger partial charge >= 0.3 is 6.03 Å². The first-order chi connectivity index (χ1) is 17.8. The minimum Gasteiger partial charge on any atom is -0.493 e. The largest absolute Gasteiger partial charge is 0.493 e. The molecule has 0 bridgehead atoms. The van der Waals surface area contributed by atoms with Gasteiger partial charge < -0.3 is 14.2 Å². The van der Waals surface area contributed by atoms with Crippen LogP contribution in [0.1, 0.15) is 5.56 Å². The van der Waals surface area contributed by atoms with E-state index in [2.05, 4.69) is 5.32 Å². The fraction of sp³-hybridized carbons (Fsp3) is 0.115. The summed E-state index contributed by atoms with van der Waals surface area (Å²) in [6.07, 6.45) is 1.31. The molecule has 1 N–H and O–H groups in total. The van der Waals surface area contributed by atoms with Gasteiger partial charge in [0.25, 0.3) is 11.8 Å². The number of halogens is 3. The SMILES string of the molecule is COc1cc(/C=C2\C(=O)NC(=O)N(c3ccc(Cl)cc3)C2=O)cc(Cl)c1OCCOc1ccccc1Cl. The lowest BCUT2D eigenvalue weighted by Crippen LogP contribution is -2.54. The van der Waals surface area contributed by atoms with E-state index >= 15 is 0 Å². The smallest absolute Gasteiger partial charge is 0.335 e. The normalized spacial score (nSPS) is 14.5. The molecule has 1 saturated heterocycles. The number of nitrogens with zero attached hydrogens (tertiary/aromatic N) is 1. The van der Waals surface area contributed by atoms with Crippen LogP contribution in [-0.4, -0.2) is 38.2 Å². The number of imide groups is 2. The number of amides is 4. The molecule has 0 atom stereocenters. The Labute approximate surface area is 227 Å². The minimum atomic E-state index is -0.868. The van der Waals surface area contributed by atoms with Gasteiger partial charge in [-0.3, -0.25) is 14.9 Å².